The molecular weight excluding hydrogens is 1220 g/mol. The molecule has 19 nitrogen and oxygen atoms in total. The van der Waals surface area contributed by atoms with Crippen LogP contribution in [0.25, 0.3) is 0 Å². The lowest BCUT2D eigenvalue weighted by Crippen LogP contribution is -2.31. The third kappa shape index (κ3) is 28.4. The molecule has 4 fully saturated rings. The van der Waals surface area contributed by atoms with E-state index in [1.807, 2.05) is 95.4 Å². The smallest absolute Gasteiger partial charge is 0.0896 e. The van der Waals surface area contributed by atoms with E-state index in [9.17, 15) is 0 Å². The molecule has 4 aliphatic heterocycles. The zero-order valence-electron chi connectivity index (χ0n) is 63.1. The Hall–Kier alpha value is -6.03. The van der Waals surface area contributed by atoms with Gasteiger partial charge in [0.05, 0.1) is 98.8 Å². The Morgan fingerprint density at radius 2 is 0.948 bits per heavy atom. The summed E-state index contributed by atoms with van der Waals surface area (Å²) < 4.78 is 30.5. The monoisotopic (exact) mass is 1350 g/mol. The van der Waals surface area contributed by atoms with E-state index in [-0.39, 0.29) is 12.6 Å². The summed E-state index contributed by atoms with van der Waals surface area (Å²) in [5.41, 5.74) is 9.24. The fraction of sp³-hybridized carbons (Fsp3) is 0.671. The highest BCUT2D eigenvalue weighted by atomic mass is 32.1. The van der Waals surface area contributed by atoms with Crippen LogP contribution in [0.1, 0.15) is 284 Å². The zero-order chi connectivity index (χ0) is 70.4. The maximum absolute atomic E-state index is 8.88. The van der Waals surface area contributed by atoms with Crippen LogP contribution < -0.4 is 0 Å². The predicted octanol–water partition coefficient (Wildman–Crippen LogP) is 16.9. The maximum Gasteiger partial charge on any atom is 0.0896 e. The number of rotatable bonds is 17. The molecule has 4 atom stereocenters. The van der Waals surface area contributed by atoms with Gasteiger partial charge in [-0.1, -0.05) is 111 Å². The SMILES string of the molecule is CC(C)c1cnn(C)c1.CC(C)c1cnn(C2CCN(C)CC2)c1.CC(C)c1cnn(C2CCOC2)c1.CC(C)c1cnn(CC2CCCO2)c1.CC(C)c1cnn(C[C@@H]2CCCO2)c1.CC(C)c1cnn([C@@H](C)CO)c1.CCn1ccc(C(C)C)c1.Cc1ncc(C(C)C)s1. The van der Waals surface area contributed by atoms with E-state index in [4.69, 9.17) is 19.3 Å². The molecule has 0 aromatic carbocycles. The first-order valence-electron chi connectivity index (χ1n) is 36.1. The van der Waals surface area contributed by atoms with Gasteiger partial charge in [-0.2, -0.15) is 30.6 Å². The van der Waals surface area contributed by atoms with Crippen molar-refractivity contribution in [1.29, 1.82) is 0 Å². The van der Waals surface area contributed by atoms with Gasteiger partial charge in [0.1, 0.15) is 0 Å². The first kappa shape index (κ1) is 80.7. The van der Waals surface area contributed by atoms with Gasteiger partial charge < -0.3 is 28.8 Å². The van der Waals surface area contributed by atoms with E-state index in [2.05, 4.69) is 218 Å². The molecule has 8 aromatic rings. The second-order valence-electron chi connectivity index (χ2n) is 28.8. The van der Waals surface area contributed by atoms with E-state index in [1.54, 1.807) is 16.0 Å². The average molecular weight is 1350 g/mol. The molecule has 4 aliphatic rings. The number of aromatic nitrogens is 14. The topological polar surface area (TPSA) is 176 Å². The van der Waals surface area contributed by atoms with E-state index >= 15 is 0 Å². The van der Waals surface area contributed by atoms with Gasteiger partial charge in [-0.15, -0.1) is 11.3 Å². The van der Waals surface area contributed by atoms with Gasteiger partial charge in [-0.25, -0.2) is 4.98 Å². The van der Waals surface area contributed by atoms with Gasteiger partial charge in [0, 0.05) is 94.1 Å². The average Bonchev–Trinajstić information content (AvgIpc) is 1.99. The third-order valence-corrected chi connectivity index (χ3v) is 19.0. The molecule has 0 aliphatic carbocycles. The lowest BCUT2D eigenvalue weighted by Gasteiger charge is -2.29. The van der Waals surface area contributed by atoms with Gasteiger partial charge in [0.15, 0.2) is 0 Å². The number of ether oxygens (including phenoxy) is 3. The molecule has 536 valence electrons. The van der Waals surface area contributed by atoms with Crippen LogP contribution >= 0.6 is 11.3 Å². The first-order chi connectivity index (χ1) is 45.7. The van der Waals surface area contributed by atoms with Crippen molar-refractivity contribution in [3.8, 4) is 0 Å². The Bertz CT molecular complexity index is 3160. The number of aliphatic hydroxyl groups excluding tert-OH is 1. The van der Waals surface area contributed by atoms with Gasteiger partial charge in [-0.05, 0) is 178 Å². The number of aliphatic hydroxyl groups is 1. The maximum atomic E-state index is 8.88. The second kappa shape index (κ2) is 42.0. The molecule has 2 unspecified atom stereocenters. The Morgan fingerprint density at radius 1 is 0.490 bits per heavy atom. The van der Waals surface area contributed by atoms with Crippen LogP contribution in [0, 0.1) is 6.92 Å². The highest BCUT2D eigenvalue weighted by Crippen LogP contribution is 2.26. The lowest BCUT2D eigenvalue weighted by atomic mass is 10.1. The van der Waals surface area contributed by atoms with Gasteiger partial charge in [0.2, 0.25) is 0 Å². The van der Waals surface area contributed by atoms with Crippen LogP contribution in [0.3, 0.4) is 0 Å². The van der Waals surface area contributed by atoms with Crippen molar-refractivity contribution >= 4 is 11.3 Å². The molecule has 0 bridgehead atoms. The second-order valence-corrected chi connectivity index (χ2v) is 30.1. The molecular formula is C76H127N15O4S. The van der Waals surface area contributed by atoms with Crippen molar-refractivity contribution in [2.24, 2.45) is 7.05 Å². The number of thiazole rings is 1. The molecule has 12 rings (SSSR count). The molecule has 0 radical (unpaired) electrons. The van der Waals surface area contributed by atoms with Gasteiger partial charge >= 0.3 is 0 Å². The molecule has 0 spiro atoms. The minimum absolute atomic E-state index is 0.0810. The quantitative estimate of drug-likeness (QED) is 0.0914. The summed E-state index contributed by atoms with van der Waals surface area (Å²) >= 11 is 1.78. The number of hydrogen-bond donors (Lipinski definition) is 1. The number of piperidine rings is 1. The van der Waals surface area contributed by atoms with Crippen molar-refractivity contribution < 1.29 is 19.3 Å². The zero-order valence-corrected chi connectivity index (χ0v) is 63.9. The summed E-state index contributed by atoms with van der Waals surface area (Å²) in [7, 11) is 4.13. The molecule has 12 heterocycles. The number of nitrogens with zero attached hydrogens (tertiary/aromatic N) is 15. The normalized spacial score (nSPS) is 17.5. The van der Waals surface area contributed by atoms with Crippen LogP contribution in [0.2, 0.25) is 0 Å². The summed E-state index contributed by atoms with van der Waals surface area (Å²) in [6.45, 7) is 50.1. The molecule has 4 saturated heterocycles. The Labute approximate surface area is 582 Å². The highest BCUT2D eigenvalue weighted by Gasteiger charge is 2.22. The van der Waals surface area contributed by atoms with E-state index in [0.717, 1.165) is 52.5 Å². The minimum atomic E-state index is 0.0810. The van der Waals surface area contributed by atoms with Crippen molar-refractivity contribution in [2.45, 2.75) is 274 Å². The van der Waals surface area contributed by atoms with Crippen LogP contribution in [0.4, 0.5) is 0 Å². The van der Waals surface area contributed by atoms with Crippen molar-refractivity contribution in [1.82, 2.24) is 73.1 Å². The highest BCUT2D eigenvalue weighted by molar-refractivity contribution is 7.11. The largest absolute Gasteiger partial charge is 0.394 e. The van der Waals surface area contributed by atoms with Crippen LogP contribution in [-0.2, 0) is 40.9 Å². The summed E-state index contributed by atoms with van der Waals surface area (Å²) in [6, 6.07) is 3.35. The Morgan fingerprint density at radius 3 is 1.28 bits per heavy atom. The fourth-order valence-corrected chi connectivity index (χ4v) is 11.4. The van der Waals surface area contributed by atoms with E-state index < -0.39 is 0 Å². The van der Waals surface area contributed by atoms with Gasteiger partial charge in [0.25, 0.3) is 0 Å². The predicted molar refractivity (Wildman–Crippen MR) is 394 cm³/mol. The summed E-state index contributed by atoms with van der Waals surface area (Å²) in [4.78, 5) is 7.93. The summed E-state index contributed by atoms with van der Waals surface area (Å²) in [5.74, 6) is 4.68. The number of hydrogen-bond acceptors (Lipinski definition) is 13. The van der Waals surface area contributed by atoms with E-state index in [0.29, 0.717) is 71.6 Å². The first-order valence-corrected chi connectivity index (χ1v) is 36.9. The third-order valence-electron chi connectivity index (χ3n) is 17.8. The summed E-state index contributed by atoms with van der Waals surface area (Å²) in [5, 5.41) is 35.8. The molecule has 0 saturated carbocycles. The van der Waals surface area contributed by atoms with Gasteiger partial charge in [-0.3, -0.25) is 28.1 Å². The molecule has 20 heteroatoms. The molecule has 0 amide bonds. The van der Waals surface area contributed by atoms with Crippen molar-refractivity contribution in [3.63, 3.8) is 0 Å². The molecule has 96 heavy (non-hydrogen) atoms. The minimum Gasteiger partial charge on any atom is -0.394 e. The van der Waals surface area contributed by atoms with Crippen LogP contribution in [-0.4, -0.2) is 144 Å². The van der Waals surface area contributed by atoms with Crippen molar-refractivity contribution in [2.75, 3.05) is 53.2 Å². The van der Waals surface area contributed by atoms with Crippen LogP contribution in [0.5, 0.6) is 0 Å². The molecule has 1 N–H and O–H groups in total. The van der Waals surface area contributed by atoms with E-state index in [1.165, 1.54) is 100 Å². The Balaban J connectivity index is 0.000000200. The lowest BCUT2D eigenvalue weighted by molar-refractivity contribution is 0.0938. The Kier molecular flexibility index (Phi) is 35.3. The summed E-state index contributed by atoms with van der Waals surface area (Å²) in [6.07, 6.45) is 39.7. The fourth-order valence-electron chi connectivity index (χ4n) is 10.6. The standard InChI is InChI=1S/C12H21N3.2C11H18N2O.C10H16N2O.C9H16N2O.C9H15N.C7H12N2.C7H11NS/c1-10(2)11-8-13-15(9-11)12-4-6-14(3)7-5-12;2*1-9(2)10-6-12-13(7-10)8-11-4-3-5-14-11;1-8(2)9-5-11-12(6-9)10-3-4-13-7-10;1-7(2)9-4-10-11(5-9)8(3)6-12;1-4-10-6-5-9(7-10)8(2)3;1-6(2)7-4-8-9(3)5-7;1-5(2)7-4-8-6(3)9-7/h8-10,12H,4-7H2,1-3H3;2*6-7,9,11H,3-5,8H2,1-2H3;5-6,8,10H,3-4,7H2,1-2H3;4-5,7-8,12H,6H2,1-3H3;5-8H,4H2,1-3H3;4-6H,1-3H3;4-5H,1-3H3/t;11-;;;8-;;;/m.0..0.../s1. The number of likely N-dealkylation sites (tertiary alicyclic amines) is 1. The number of aryl methyl sites for hydroxylation is 3. The molecule has 8 aromatic heterocycles. The van der Waals surface area contributed by atoms with Crippen LogP contribution in [0.15, 0.2) is 99.0 Å². The van der Waals surface area contributed by atoms with Crippen molar-refractivity contribution in [3.05, 3.63) is 148 Å².